The molecule has 0 spiro atoms. The number of allylic oxidation sites excluding steroid dienone is 6. The van der Waals surface area contributed by atoms with Gasteiger partial charge in [-0.25, -0.2) is 0 Å². The lowest BCUT2D eigenvalue weighted by Crippen LogP contribution is -2.30. The van der Waals surface area contributed by atoms with Crippen LogP contribution in [0.5, 0.6) is 0 Å². The first-order valence-electron chi connectivity index (χ1n) is 31.5. The Kier molecular flexibility index (Phi) is 58.2. The molecule has 416 valence electrons. The van der Waals surface area contributed by atoms with Crippen molar-refractivity contribution >= 4 is 17.9 Å². The van der Waals surface area contributed by atoms with E-state index < -0.39 is 6.10 Å². The van der Waals surface area contributed by atoms with Gasteiger partial charge in [-0.15, -0.1) is 0 Å². The summed E-state index contributed by atoms with van der Waals surface area (Å²) in [6.45, 7) is 6.67. The minimum atomic E-state index is -0.775. The molecule has 0 rings (SSSR count). The Morgan fingerprint density at radius 1 is 0.282 bits per heavy atom. The molecular weight excluding hydrogens is 877 g/mol. The first-order valence-corrected chi connectivity index (χ1v) is 31.5. The van der Waals surface area contributed by atoms with E-state index in [1.54, 1.807) is 0 Å². The zero-order valence-corrected chi connectivity index (χ0v) is 47.8. The second-order valence-electron chi connectivity index (χ2n) is 21.3. The lowest BCUT2D eigenvalue weighted by molar-refractivity contribution is -0.167. The maximum atomic E-state index is 12.9. The van der Waals surface area contributed by atoms with Crippen LogP contribution in [-0.2, 0) is 28.6 Å². The van der Waals surface area contributed by atoms with Gasteiger partial charge in [0.2, 0.25) is 0 Å². The van der Waals surface area contributed by atoms with Crippen LogP contribution >= 0.6 is 0 Å². The van der Waals surface area contributed by atoms with Gasteiger partial charge >= 0.3 is 17.9 Å². The van der Waals surface area contributed by atoms with Crippen molar-refractivity contribution in [1.29, 1.82) is 0 Å². The van der Waals surface area contributed by atoms with Crippen LogP contribution in [0.4, 0.5) is 0 Å². The Hall–Kier alpha value is -2.37. The van der Waals surface area contributed by atoms with Gasteiger partial charge in [0.05, 0.1) is 0 Å². The molecule has 0 aromatic rings. The highest BCUT2D eigenvalue weighted by Crippen LogP contribution is 2.17. The van der Waals surface area contributed by atoms with Crippen LogP contribution in [0.2, 0.25) is 0 Å². The second kappa shape index (κ2) is 60.2. The molecule has 6 heteroatoms. The standard InChI is InChI=1S/C65H120O6/c1-4-7-10-13-16-19-22-25-28-30-32-33-34-36-37-40-43-46-49-52-55-58-64(67)70-61-62(60-69-63(66)57-54-51-48-45-42-39-27-24-21-18-15-12-9-6-3)71-65(68)59-56-53-50-47-44-41-38-35-31-29-26-23-20-17-14-11-8-5-2/h22,24-25,27,30,32,62H,4-21,23,26,28-29,31,33-61H2,1-3H3/b25-22-,27-24-,32-30-. The van der Waals surface area contributed by atoms with Crippen molar-refractivity contribution in [2.24, 2.45) is 0 Å². The minimum Gasteiger partial charge on any atom is -0.462 e. The van der Waals surface area contributed by atoms with Crippen molar-refractivity contribution in [3.8, 4) is 0 Å². The molecule has 0 saturated carbocycles. The van der Waals surface area contributed by atoms with E-state index in [4.69, 9.17) is 14.2 Å². The van der Waals surface area contributed by atoms with Crippen molar-refractivity contribution in [2.45, 2.75) is 348 Å². The molecule has 0 bridgehead atoms. The molecule has 71 heavy (non-hydrogen) atoms. The largest absolute Gasteiger partial charge is 0.462 e. The molecule has 0 aliphatic heterocycles. The first-order chi connectivity index (χ1) is 35.0. The topological polar surface area (TPSA) is 78.9 Å². The van der Waals surface area contributed by atoms with E-state index in [-0.39, 0.29) is 31.1 Å². The fourth-order valence-corrected chi connectivity index (χ4v) is 9.35. The number of hydrogen-bond donors (Lipinski definition) is 0. The molecule has 0 amide bonds. The van der Waals surface area contributed by atoms with E-state index in [1.165, 1.54) is 231 Å². The molecule has 0 fully saturated rings. The summed E-state index contributed by atoms with van der Waals surface area (Å²) in [5, 5.41) is 0. The molecular formula is C65H120O6. The van der Waals surface area contributed by atoms with E-state index in [1.807, 2.05) is 0 Å². The third-order valence-corrected chi connectivity index (χ3v) is 14.1. The van der Waals surface area contributed by atoms with Crippen LogP contribution in [0.1, 0.15) is 342 Å². The molecule has 0 N–H and O–H groups in total. The Morgan fingerprint density at radius 3 is 0.789 bits per heavy atom. The predicted molar refractivity (Wildman–Crippen MR) is 307 cm³/mol. The number of ether oxygens (including phenoxy) is 3. The van der Waals surface area contributed by atoms with Crippen molar-refractivity contribution in [2.75, 3.05) is 13.2 Å². The van der Waals surface area contributed by atoms with E-state index >= 15 is 0 Å². The fraction of sp³-hybridized carbons (Fsp3) is 0.862. The van der Waals surface area contributed by atoms with E-state index in [9.17, 15) is 14.4 Å². The molecule has 0 radical (unpaired) electrons. The number of rotatable bonds is 58. The molecule has 0 aliphatic rings. The van der Waals surface area contributed by atoms with Crippen molar-refractivity contribution in [3.05, 3.63) is 36.5 Å². The number of hydrogen-bond acceptors (Lipinski definition) is 6. The average molecular weight is 998 g/mol. The summed E-state index contributed by atoms with van der Waals surface area (Å²) in [6, 6.07) is 0. The Bertz CT molecular complexity index is 1190. The Morgan fingerprint density at radius 2 is 0.507 bits per heavy atom. The van der Waals surface area contributed by atoms with Gasteiger partial charge in [0.1, 0.15) is 13.2 Å². The maximum absolute atomic E-state index is 12.9. The molecule has 6 nitrogen and oxygen atoms in total. The average Bonchev–Trinajstić information content (AvgIpc) is 3.37. The van der Waals surface area contributed by atoms with Gasteiger partial charge < -0.3 is 14.2 Å². The van der Waals surface area contributed by atoms with Crippen molar-refractivity contribution < 1.29 is 28.6 Å². The minimum absolute atomic E-state index is 0.0730. The number of carbonyl (C=O) groups excluding carboxylic acids is 3. The molecule has 0 aromatic heterocycles. The molecule has 1 unspecified atom stereocenters. The highest BCUT2D eigenvalue weighted by atomic mass is 16.6. The lowest BCUT2D eigenvalue weighted by Gasteiger charge is -2.18. The third kappa shape index (κ3) is 58.4. The highest BCUT2D eigenvalue weighted by molar-refractivity contribution is 5.71. The Balaban J connectivity index is 4.32. The van der Waals surface area contributed by atoms with Crippen LogP contribution in [0.15, 0.2) is 36.5 Å². The second-order valence-corrected chi connectivity index (χ2v) is 21.3. The van der Waals surface area contributed by atoms with Crippen LogP contribution in [0, 0.1) is 0 Å². The zero-order valence-electron chi connectivity index (χ0n) is 47.8. The number of esters is 3. The maximum Gasteiger partial charge on any atom is 0.306 e. The monoisotopic (exact) mass is 997 g/mol. The van der Waals surface area contributed by atoms with Gasteiger partial charge in [-0.3, -0.25) is 14.4 Å². The molecule has 0 saturated heterocycles. The van der Waals surface area contributed by atoms with Gasteiger partial charge in [0.15, 0.2) is 6.10 Å². The van der Waals surface area contributed by atoms with Crippen LogP contribution in [0.25, 0.3) is 0 Å². The highest BCUT2D eigenvalue weighted by Gasteiger charge is 2.19. The molecule has 1 atom stereocenters. The van der Waals surface area contributed by atoms with Crippen molar-refractivity contribution in [1.82, 2.24) is 0 Å². The van der Waals surface area contributed by atoms with Crippen molar-refractivity contribution in [3.63, 3.8) is 0 Å². The fourth-order valence-electron chi connectivity index (χ4n) is 9.35. The summed E-state index contributed by atoms with van der Waals surface area (Å²) >= 11 is 0. The first kappa shape index (κ1) is 68.6. The van der Waals surface area contributed by atoms with E-state index in [0.717, 1.165) is 70.6 Å². The normalized spacial score (nSPS) is 12.2. The van der Waals surface area contributed by atoms with E-state index in [2.05, 4.69) is 57.2 Å². The molecule has 0 heterocycles. The summed E-state index contributed by atoms with van der Waals surface area (Å²) in [4.78, 5) is 38.3. The van der Waals surface area contributed by atoms with Gasteiger partial charge in [-0.05, 0) is 77.0 Å². The smallest absolute Gasteiger partial charge is 0.306 e. The van der Waals surface area contributed by atoms with E-state index in [0.29, 0.717) is 19.3 Å². The summed E-state index contributed by atoms with van der Waals surface area (Å²) in [5.41, 5.74) is 0. The molecule has 0 aromatic carbocycles. The van der Waals surface area contributed by atoms with Gasteiger partial charge in [-0.1, -0.05) is 282 Å². The SMILES string of the molecule is CCCCCCC/C=C\C/C=C\CCCCCCCCCCCC(=O)OCC(COC(=O)CCCCCCC/C=C\CCCCCCC)OC(=O)CCCCCCCCCCCCCCCCCCCC. The summed E-state index contributed by atoms with van der Waals surface area (Å²) in [7, 11) is 0. The predicted octanol–water partition coefficient (Wildman–Crippen LogP) is 21.2. The van der Waals surface area contributed by atoms with Gasteiger partial charge in [-0.2, -0.15) is 0 Å². The lowest BCUT2D eigenvalue weighted by atomic mass is 10.0. The van der Waals surface area contributed by atoms with Gasteiger partial charge in [0.25, 0.3) is 0 Å². The summed E-state index contributed by atoms with van der Waals surface area (Å²) in [5.74, 6) is -0.863. The number of unbranched alkanes of at least 4 members (excludes halogenated alkanes) is 41. The zero-order chi connectivity index (χ0) is 51.4. The summed E-state index contributed by atoms with van der Waals surface area (Å²) in [6.07, 6.45) is 72.8. The van der Waals surface area contributed by atoms with Crippen LogP contribution in [-0.4, -0.2) is 37.2 Å². The van der Waals surface area contributed by atoms with Crippen LogP contribution < -0.4 is 0 Å². The van der Waals surface area contributed by atoms with Gasteiger partial charge in [0, 0.05) is 19.3 Å². The summed E-state index contributed by atoms with van der Waals surface area (Å²) < 4.78 is 16.9. The van der Waals surface area contributed by atoms with Crippen LogP contribution in [0.3, 0.4) is 0 Å². The third-order valence-electron chi connectivity index (χ3n) is 14.1. The number of carbonyl (C=O) groups is 3. The molecule has 0 aliphatic carbocycles. The quantitative estimate of drug-likeness (QED) is 0.0261. The Labute approximate surface area is 442 Å².